The topological polar surface area (TPSA) is 93.1 Å². The summed E-state index contributed by atoms with van der Waals surface area (Å²) in [6.45, 7) is 1.82. The number of amides is 1. The molecule has 1 aliphatic heterocycles. The van der Waals surface area contributed by atoms with Crippen LogP contribution in [0.5, 0.6) is 0 Å². The number of ether oxygens (including phenoxy) is 2. The number of aliphatic carboxylic acids is 1. The Bertz CT molecular complexity index is 942. The van der Waals surface area contributed by atoms with E-state index in [9.17, 15) is 14.4 Å². The number of carbonyl (C=O) groups is 3. The van der Waals surface area contributed by atoms with Gasteiger partial charge in [-0.1, -0.05) is 48.5 Å². The first kappa shape index (κ1) is 19.9. The predicted octanol–water partition coefficient (Wildman–Crippen LogP) is 3.42. The van der Waals surface area contributed by atoms with Gasteiger partial charge in [0, 0.05) is 12.5 Å². The van der Waals surface area contributed by atoms with Gasteiger partial charge < -0.3 is 14.6 Å². The van der Waals surface area contributed by atoms with Crippen LogP contribution >= 0.6 is 0 Å². The number of likely N-dealkylation sites (tertiary alicyclic amines) is 1. The Balaban J connectivity index is 1.45. The first-order chi connectivity index (χ1) is 14.5. The number of benzene rings is 2. The summed E-state index contributed by atoms with van der Waals surface area (Å²) in [5, 5.41) is 8.93. The van der Waals surface area contributed by atoms with Crippen molar-refractivity contribution in [1.82, 2.24) is 4.90 Å². The molecule has 1 saturated heterocycles. The lowest BCUT2D eigenvalue weighted by atomic mass is 9.98. The fourth-order valence-corrected chi connectivity index (χ4v) is 4.21. The second kappa shape index (κ2) is 8.18. The lowest BCUT2D eigenvalue weighted by Crippen LogP contribution is -2.43. The monoisotopic (exact) mass is 409 g/mol. The van der Waals surface area contributed by atoms with Gasteiger partial charge in [-0.15, -0.1) is 0 Å². The van der Waals surface area contributed by atoms with E-state index in [0.29, 0.717) is 19.4 Å². The quantitative estimate of drug-likeness (QED) is 0.761. The third-order valence-corrected chi connectivity index (χ3v) is 5.74. The van der Waals surface area contributed by atoms with Gasteiger partial charge in [0.1, 0.15) is 12.6 Å². The molecule has 0 saturated carbocycles. The fourth-order valence-electron chi connectivity index (χ4n) is 4.21. The van der Waals surface area contributed by atoms with Crippen molar-refractivity contribution in [3.63, 3.8) is 0 Å². The number of hydrogen-bond donors (Lipinski definition) is 1. The average Bonchev–Trinajstić information content (AvgIpc) is 3.35. The molecule has 1 aliphatic carbocycles. The van der Waals surface area contributed by atoms with E-state index in [1.54, 1.807) is 0 Å². The maximum Gasteiger partial charge on any atom is 0.410 e. The summed E-state index contributed by atoms with van der Waals surface area (Å²) >= 11 is 0. The van der Waals surface area contributed by atoms with Gasteiger partial charge in [-0.25, -0.2) is 14.4 Å². The molecule has 0 aromatic heterocycles. The summed E-state index contributed by atoms with van der Waals surface area (Å²) in [4.78, 5) is 37.3. The van der Waals surface area contributed by atoms with E-state index in [-0.39, 0.29) is 12.5 Å². The van der Waals surface area contributed by atoms with E-state index in [0.717, 1.165) is 22.3 Å². The highest BCUT2D eigenvalue weighted by Gasteiger charge is 2.38. The molecule has 0 radical (unpaired) electrons. The van der Waals surface area contributed by atoms with Crippen molar-refractivity contribution in [3.05, 3.63) is 59.7 Å². The number of esters is 1. The number of nitrogens with zero attached hydrogens (tertiary/aromatic N) is 1. The number of carboxylic acids is 1. The zero-order valence-corrected chi connectivity index (χ0v) is 16.6. The van der Waals surface area contributed by atoms with Crippen molar-refractivity contribution in [1.29, 1.82) is 0 Å². The van der Waals surface area contributed by atoms with E-state index in [4.69, 9.17) is 14.6 Å². The number of rotatable bonds is 5. The number of hydrogen-bond acceptors (Lipinski definition) is 5. The number of carboxylic acid groups (broad SMARTS) is 1. The van der Waals surface area contributed by atoms with Gasteiger partial charge in [-0.3, -0.25) is 4.90 Å². The van der Waals surface area contributed by atoms with Crippen molar-refractivity contribution in [3.8, 4) is 11.1 Å². The van der Waals surface area contributed by atoms with Crippen LogP contribution in [0.1, 0.15) is 36.8 Å². The first-order valence-electron chi connectivity index (χ1n) is 10.0. The molecule has 1 N–H and O–H groups in total. The normalized spacial score (nSPS) is 18.4. The first-order valence-corrected chi connectivity index (χ1v) is 10.0. The minimum atomic E-state index is -1.26. The Morgan fingerprint density at radius 1 is 1.07 bits per heavy atom. The van der Waals surface area contributed by atoms with E-state index < -0.39 is 30.2 Å². The molecule has 0 bridgehead atoms. The van der Waals surface area contributed by atoms with Crippen LogP contribution in [0.4, 0.5) is 4.79 Å². The Morgan fingerprint density at radius 2 is 1.67 bits per heavy atom. The molecule has 7 nitrogen and oxygen atoms in total. The summed E-state index contributed by atoms with van der Waals surface area (Å²) in [6.07, 6.45) is -0.789. The maximum absolute atomic E-state index is 12.7. The zero-order valence-electron chi connectivity index (χ0n) is 16.6. The molecular formula is C23H23NO6. The smallest absolute Gasteiger partial charge is 0.410 e. The molecule has 7 heteroatoms. The van der Waals surface area contributed by atoms with E-state index in [1.165, 1.54) is 11.8 Å². The molecule has 1 fully saturated rings. The minimum absolute atomic E-state index is 0.0682. The summed E-state index contributed by atoms with van der Waals surface area (Å²) in [5.74, 6) is -2.01. The highest BCUT2D eigenvalue weighted by Crippen LogP contribution is 2.44. The zero-order chi connectivity index (χ0) is 21.3. The van der Waals surface area contributed by atoms with Gasteiger partial charge in [-0.05, 0) is 42.0 Å². The van der Waals surface area contributed by atoms with Crippen molar-refractivity contribution >= 4 is 18.0 Å². The Labute approximate surface area is 174 Å². The molecule has 2 aliphatic rings. The Morgan fingerprint density at radius 3 is 2.27 bits per heavy atom. The molecule has 30 heavy (non-hydrogen) atoms. The Kier molecular flexibility index (Phi) is 5.44. The molecule has 2 aromatic carbocycles. The van der Waals surface area contributed by atoms with Gasteiger partial charge in [-0.2, -0.15) is 0 Å². The summed E-state index contributed by atoms with van der Waals surface area (Å²) in [5.41, 5.74) is 4.50. The molecule has 0 spiro atoms. The molecule has 2 aromatic rings. The van der Waals surface area contributed by atoms with Gasteiger partial charge in [0.25, 0.3) is 0 Å². The van der Waals surface area contributed by atoms with Crippen LogP contribution in [-0.4, -0.2) is 53.3 Å². The van der Waals surface area contributed by atoms with Gasteiger partial charge in [0.15, 0.2) is 6.10 Å². The van der Waals surface area contributed by atoms with Crippen LogP contribution in [0.3, 0.4) is 0 Å². The molecule has 156 valence electrons. The van der Waals surface area contributed by atoms with Crippen molar-refractivity contribution in [2.45, 2.75) is 37.8 Å². The average molecular weight is 409 g/mol. The molecule has 1 amide bonds. The van der Waals surface area contributed by atoms with Crippen LogP contribution in [0.25, 0.3) is 11.1 Å². The largest absolute Gasteiger partial charge is 0.479 e. The van der Waals surface area contributed by atoms with Crippen LogP contribution in [0.2, 0.25) is 0 Å². The van der Waals surface area contributed by atoms with E-state index >= 15 is 0 Å². The molecule has 2 atom stereocenters. The van der Waals surface area contributed by atoms with Crippen LogP contribution in [0.15, 0.2) is 48.5 Å². The van der Waals surface area contributed by atoms with Crippen molar-refractivity contribution in [2.75, 3.05) is 13.2 Å². The third-order valence-electron chi connectivity index (χ3n) is 5.74. The van der Waals surface area contributed by atoms with E-state index in [1.807, 2.05) is 36.4 Å². The van der Waals surface area contributed by atoms with Gasteiger partial charge in [0.05, 0.1) is 0 Å². The second-order valence-electron chi connectivity index (χ2n) is 7.57. The molecular weight excluding hydrogens is 386 g/mol. The summed E-state index contributed by atoms with van der Waals surface area (Å²) in [6, 6.07) is 15.3. The van der Waals surface area contributed by atoms with Crippen molar-refractivity contribution < 1.29 is 29.0 Å². The van der Waals surface area contributed by atoms with Crippen LogP contribution in [-0.2, 0) is 19.1 Å². The second-order valence-corrected chi connectivity index (χ2v) is 7.57. The third kappa shape index (κ3) is 3.63. The Hall–Kier alpha value is -3.35. The highest BCUT2D eigenvalue weighted by molar-refractivity contribution is 5.84. The van der Waals surface area contributed by atoms with Crippen LogP contribution in [0, 0.1) is 0 Å². The highest BCUT2D eigenvalue weighted by atomic mass is 16.6. The molecule has 1 unspecified atom stereocenters. The lowest BCUT2D eigenvalue weighted by molar-refractivity contribution is -0.165. The minimum Gasteiger partial charge on any atom is -0.479 e. The van der Waals surface area contributed by atoms with E-state index in [2.05, 4.69) is 12.1 Å². The number of fused-ring (bicyclic) bond motifs is 3. The number of carbonyl (C=O) groups excluding carboxylic acids is 2. The molecule has 4 rings (SSSR count). The standard InChI is InChI=1S/C23H23NO6/c1-14(21(25)26)30-22(27)20-11-6-12-24(20)23(28)29-13-19-17-9-4-2-7-15(17)16-8-3-5-10-18(16)19/h2-5,7-10,14,19-20H,6,11-13H2,1H3,(H,25,26)/t14?,20-/m0/s1. The maximum atomic E-state index is 12.7. The van der Waals surface area contributed by atoms with Crippen LogP contribution < -0.4 is 0 Å². The lowest BCUT2D eigenvalue weighted by Gasteiger charge is -2.24. The molecule has 1 heterocycles. The van der Waals surface area contributed by atoms with Crippen molar-refractivity contribution in [2.24, 2.45) is 0 Å². The predicted molar refractivity (Wildman–Crippen MR) is 108 cm³/mol. The van der Waals surface area contributed by atoms with Gasteiger partial charge in [0.2, 0.25) is 0 Å². The van der Waals surface area contributed by atoms with Gasteiger partial charge >= 0.3 is 18.0 Å². The summed E-state index contributed by atoms with van der Waals surface area (Å²) < 4.78 is 10.6. The summed E-state index contributed by atoms with van der Waals surface area (Å²) in [7, 11) is 0. The SMILES string of the molecule is CC(OC(=O)[C@@H]1CCCN1C(=O)OCC1c2ccccc2-c2ccccc21)C(=O)O. The fraction of sp³-hybridized carbons (Fsp3) is 0.348.